The normalized spacial score (nSPS) is 28.9. The van der Waals surface area contributed by atoms with E-state index in [-0.39, 0.29) is 17.2 Å². The molecule has 0 aromatic rings. The third-order valence-corrected chi connectivity index (χ3v) is 6.23. The summed E-state index contributed by atoms with van der Waals surface area (Å²) in [6, 6.07) is 0. The number of hydrogen-bond donors (Lipinski definition) is 0. The molecule has 0 radical (unpaired) electrons. The Hall–Kier alpha value is -0.880. The van der Waals surface area contributed by atoms with E-state index < -0.39 is 10.0 Å². The van der Waals surface area contributed by atoms with E-state index in [2.05, 4.69) is 33.8 Å². The first kappa shape index (κ1) is 17.5. The van der Waals surface area contributed by atoms with Crippen LogP contribution < -0.4 is 0 Å². The van der Waals surface area contributed by atoms with E-state index in [0.717, 1.165) is 0 Å². The van der Waals surface area contributed by atoms with Crippen LogP contribution in [0.15, 0.2) is 11.6 Å². The standard InChI is InChI=1S/C16H28N2O3S/c1-12(2)11-13-14(16(13,3)4)15(19)17-7-6-8-18(10-9-17)22(5,20)21/h11,13-14H,6-10H2,1-5H3/t13-,14+/m0/s1. The van der Waals surface area contributed by atoms with Gasteiger partial charge in [-0.2, -0.15) is 0 Å². The lowest BCUT2D eigenvalue weighted by Gasteiger charge is -2.21. The zero-order valence-corrected chi connectivity index (χ0v) is 15.1. The zero-order chi connectivity index (χ0) is 16.7. The average molecular weight is 328 g/mol. The highest BCUT2D eigenvalue weighted by Crippen LogP contribution is 2.60. The van der Waals surface area contributed by atoms with Crippen molar-refractivity contribution >= 4 is 15.9 Å². The smallest absolute Gasteiger partial charge is 0.226 e. The Bertz CT molecular complexity index is 576. The number of allylic oxidation sites excluding steroid dienone is 2. The van der Waals surface area contributed by atoms with Crippen molar-refractivity contribution in [3.05, 3.63) is 11.6 Å². The Kier molecular flexibility index (Phi) is 4.74. The first-order valence-electron chi connectivity index (χ1n) is 7.94. The second kappa shape index (κ2) is 5.96. The molecular weight excluding hydrogens is 300 g/mol. The van der Waals surface area contributed by atoms with E-state index in [1.807, 2.05) is 4.90 Å². The van der Waals surface area contributed by atoms with Crippen LogP contribution in [0, 0.1) is 17.3 Å². The highest BCUT2D eigenvalue weighted by molar-refractivity contribution is 7.88. The summed E-state index contributed by atoms with van der Waals surface area (Å²) < 4.78 is 24.8. The van der Waals surface area contributed by atoms with Crippen molar-refractivity contribution in [2.45, 2.75) is 34.1 Å². The van der Waals surface area contributed by atoms with Gasteiger partial charge < -0.3 is 4.90 Å². The van der Waals surface area contributed by atoms with Crippen molar-refractivity contribution in [2.75, 3.05) is 32.4 Å². The molecule has 2 aliphatic rings. The molecule has 1 aliphatic heterocycles. The number of hydrogen-bond acceptors (Lipinski definition) is 3. The van der Waals surface area contributed by atoms with Crippen molar-refractivity contribution in [3.8, 4) is 0 Å². The number of amides is 1. The van der Waals surface area contributed by atoms with Gasteiger partial charge in [-0.1, -0.05) is 25.5 Å². The van der Waals surface area contributed by atoms with Crippen molar-refractivity contribution in [1.29, 1.82) is 0 Å². The average Bonchev–Trinajstić information content (AvgIpc) is 2.98. The number of sulfonamides is 1. The van der Waals surface area contributed by atoms with Gasteiger partial charge >= 0.3 is 0 Å². The maximum Gasteiger partial charge on any atom is 0.226 e. The van der Waals surface area contributed by atoms with E-state index in [1.54, 1.807) is 0 Å². The molecule has 0 unspecified atom stereocenters. The van der Waals surface area contributed by atoms with Gasteiger partial charge in [-0.3, -0.25) is 4.79 Å². The lowest BCUT2D eigenvalue weighted by Crippen LogP contribution is -2.38. The van der Waals surface area contributed by atoms with E-state index >= 15 is 0 Å². The molecular formula is C16H28N2O3S. The molecule has 6 heteroatoms. The fraction of sp³-hybridized carbons (Fsp3) is 0.812. The molecule has 1 heterocycles. The Morgan fingerprint density at radius 3 is 2.32 bits per heavy atom. The van der Waals surface area contributed by atoms with Crippen LogP contribution in [0.3, 0.4) is 0 Å². The number of carbonyl (C=O) groups is 1. The summed E-state index contributed by atoms with van der Waals surface area (Å²) in [5.74, 6) is 0.522. The highest BCUT2D eigenvalue weighted by atomic mass is 32.2. The maximum absolute atomic E-state index is 12.8. The van der Waals surface area contributed by atoms with Crippen LogP contribution in [-0.2, 0) is 14.8 Å². The molecule has 1 saturated heterocycles. The molecule has 0 aromatic carbocycles. The summed E-state index contributed by atoms with van der Waals surface area (Å²) in [6.07, 6.45) is 4.14. The molecule has 2 fully saturated rings. The molecule has 2 rings (SSSR count). The minimum Gasteiger partial charge on any atom is -0.341 e. The van der Waals surface area contributed by atoms with Gasteiger partial charge in [0.15, 0.2) is 0 Å². The van der Waals surface area contributed by atoms with Gasteiger partial charge in [0, 0.05) is 26.2 Å². The second-order valence-corrected chi connectivity index (χ2v) is 9.39. The summed E-state index contributed by atoms with van der Waals surface area (Å²) in [7, 11) is -3.17. The van der Waals surface area contributed by atoms with Crippen molar-refractivity contribution in [3.63, 3.8) is 0 Å². The minimum absolute atomic E-state index is 0.0111. The predicted octanol–water partition coefficient (Wildman–Crippen LogP) is 1.72. The van der Waals surface area contributed by atoms with Gasteiger partial charge in [-0.05, 0) is 31.6 Å². The van der Waals surface area contributed by atoms with Crippen molar-refractivity contribution in [1.82, 2.24) is 9.21 Å². The first-order chi connectivity index (χ1) is 10.0. The minimum atomic E-state index is -3.17. The summed E-state index contributed by atoms with van der Waals surface area (Å²) in [5.41, 5.74) is 1.25. The molecule has 0 bridgehead atoms. The first-order valence-corrected chi connectivity index (χ1v) is 9.79. The van der Waals surface area contributed by atoms with Crippen LogP contribution >= 0.6 is 0 Å². The molecule has 0 spiro atoms. The topological polar surface area (TPSA) is 57.7 Å². The molecule has 1 amide bonds. The lowest BCUT2D eigenvalue weighted by molar-refractivity contribution is -0.133. The van der Waals surface area contributed by atoms with Gasteiger partial charge in [0.05, 0.1) is 12.2 Å². The molecule has 5 nitrogen and oxygen atoms in total. The second-order valence-electron chi connectivity index (χ2n) is 7.41. The zero-order valence-electron chi connectivity index (χ0n) is 14.3. The molecule has 1 aliphatic carbocycles. The van der Waals surface area contributed by atoms with Crippen molar-refractivity contribution in [2.24, 2.45) is 17.3 Å². The summed E-state index contributed by atoms with van der Waals surface area (Å²) in [4.78, 5) is 14.7. The van der Waals surface area contributed by atoms with E-state index in [0.29, 0.717) is 38.5 Å². The SMILES string of the molecule is CC(C)=C[C@H]1[C@H](C(=O)N2CCCN(S(C)(=O)=O)CC2)C1(C)C. The Balaban J connectivity index is 2.04. The Labute approximate surface area is 134 Å². The monoisotopic (exact) mass is 328 g/mol. The number of nitrogens with zero attached hydrogens (tertiary/aromatic N) is 2. The van der Waals surface area contributed by atoms with Gasteiger partial charge in [0.1, 0.15) is 0 Å². The molecule has 0 aromatic heterocycles. The fourth-order valence-electron chi connectivity index (χ4n) is 3.46. The van der Waals surface area contributed by atoms with E-state index in [9.17, 15) is 13.2 Å². The van der Waals surface area contributed by atoms with Crippen LogP contribution in [0.4, 0.5) is 0 Å². The molecule has 1 saturated carbocycles. The Morgan fingerprint density at radius 1 is 1.14 bits per heavy atom. The number of rotatable bonds is 3. The van der Waals surface area contributed by atoms with Crippen LogP contribution in [0.25, 0.3) is 0 Å². The third-order valence-electron chi connectivity index (χ3n) is 4.93. The predicted molar refractivity (Wildman–Crippen MR) is 87.8 cm³/mol. The van der Waals surface area contributed by atoms with E-state index in [4.69, 9.17) is 0 Å². The van der Waals surface area contributed by atoms with Gasteiger partial charge in [-0.15, -0.1) is 0 Å². The van der Waals surface area contributed by atoms with E-state index in [1.165, 1.54) is 16.1 Å². The summed E-state index contributed by atoms with van der Waals surface area (Å²) >= 11 is 0. The maximum atomic E-state index is 12.8. The van der Waals surface area contributed by atoms with Crippen LogP contribution in [0.2, 0.25) is 0 Å². The Morgan fingerprint density at radius 2 is 1.77 bits per heavy atom. The third kappa shape index (κ3) is 3.54. The summed E-state index contributed by atoms with van der Waals surface area (Å²) in [5, 5.41) is 0. The molecule has 0 N–H and O–H groups in total. The molecule has 22 heavy (non-hydrogen) atoms. The van der Waals surface area contributed by atoms with Crippen LogP contribution in [0.1, 0.15) is 34.1 Å². The van der Waals surface area contributed by atoms with Gasteiger partial charge in [0.25, 0.3) is 0 Å². The molecule has 126 valence electrons. The van der Waals surface area contributed by atoms with Crippen LogP contribution in [-0.4, -0.2) is 56.0 Å². The lowest BCUT2D eigenvalue weighted by atomic mass is 10.1. The van der Waals surface area contributed by atoms with Gasteiger partial charge in [-0.25, -0.2) is 12.7 Å². The quantitative estimate of drug-likeness (QED) is 0.741. The number of carbonyl (C=O) groups excluding carboxylic acids is 1. The molecule has 2 atom stereocenters. The largest absolute Gasteiger partial charge is 0.341 e. The van der Waals surface area contributed by atoms with Gasteiger partial charge in [0.2, 0.25) is 15.9 Å². The fourth-order valence-corrected chi connectivity index (χ4v) is 4.34. The highest BCUT2D eigenvalue weighted by Gasteiger charge is 2.61. The summed E-state index contributed by atoms with van der Waals surface area (Å²) in [6.45, 7) is 10.5. The van der Waals surface area contributed by atoms with Crippen molar-refractivity contribution < 1.29 is 13.2 Å². The van der Waals surface area contributed by atoms with Crippen LogP contribution in [0.5, 0.6) is 0 Å².